The Morgan fingerprint density at radius 2 is 2.30 bits per heavy atom. The van der Waals surface area contributed by atoms with Gasteiger partial charge in [0, 0.05) is 45.0 Å². The van der Waals surface area contributed by atoms with E-state index >= 15 is 0 Å². The fraction of sp³-hybridized carbons (Fsp3) is 0.529. The molecular formula is C17H24N4O2. The van der Waals surface area contributed by atoms with Gasteiger partial charge >= 0.3 is 0 Å². The van der Waals surface area contributed by atoms with E-state index in [9.17, 15) is 4.79 Å². The Bertz CT molecular complexity index is 721. The van der Waals surface area contributed by atoms with Gasteiger partial charge in [-0.3, -0.25) is 14.6 Å². The van der Waals surface area contributed by atoms with Crippen molar-refractivity contribution in [1.29, 1.82) is 0 Å². The molecule has 0 bridgehead atoms. The molecule has 6 heteroatoms. The normalized spacial score (nSPS) is 18.9. The third kappa shape index (κ3) is 3.89. The molecule has 0 amide bonds. The summed E-state index contributed by atoms with van der Waals surface area (Å²) < 4.78 is 7.16. The number of hydrogen-bond acceptors (Lipinski definition) is 5. The summed E-state index contributed by atoms with van der Waals surface area (Å²) in [6, 6.07) is 4.24. The van der Waals surface area contributed by atoms with Crippen LogP contribution < -0.4 is 5.56 Å². The summed E-state index contributed by atoms with van der Waals surface area (Å²) in [7, 11) is 3.89. The molecule has 23 heavy (non-hydrogen) atoms. The van der Waals surface area contributed by atoms with Gasteiger partial charge in [-0.05, 0) is 32.0 Å². The summed E-state index contributed by atoms with van der Waals surface area (Å²) in [6.45, 7) is 5.54. The number of likely N-dealkylation sites (tertiary alicyclic amines) is 1. The molecule has 0 aromatic carbocycles. The van der Waals surface area contributed by atoms with E-state index in [1.54, 1.807) is 23.9 Å². The van der Waals surface area contributed by atoms with Gasteiger partial charge in [-0.25, -0.2) is 4.98 Å². The highest BCUT2D eigenvalue weighted by molar-refractivity contribution is 5.11. The molecule has 1 atom stereocenters. The summed E-state index contributed by atoms with van der Waals surface area (Å²) >= 11 is 0. The molecule has 0 aliphatic carbocycles. The van der Waals surface area contributed by atoms with Crippen molar-refractivity contribution in [2.45, 2.75) is 32.5 Å². The predicted molar refractivity (Wildman–Crippen MR) is 88.1 cm³/mol. The van der Waals surface area contributed by atoms with Crippen molar-refractivity contribution in [1.82, 2.24) is 19.4 Å². The number of pyridine rings is 1. The molecule has 3 heterocycles. The molecule has 0 saturated carbocycles. The minimum absolute atomic E-state index is 0.0506. The Morgan fingerprint density at radius 1 is 1.48 bits per heavy atom. The van der Waals surface area contributed by atoms with Crippen LogP contribution in [0.4, 0.5) is 0 Å². The van der Waals surface area contributed by atoms with Crippen molar-refractivity contribution < 1.29 is 4.42 Å². The van der Waals surface area contributed by atoms with Gasteiger partial charge < -0.3 is 8.98 Å². The van der Waals surface area contributed by atoms with E-state index in [1.807, 2.05) is 19.2 Å². The van der Waals surface area contributed by atoms with Gasteiger partial charge in [0.25, 0.3) is 5.56 Å². The average Bonchev–Trinajstić information content (AvgIpc) is 3.12. The van der Waals surface area contributed by atoms with Gasteiger partial charge in [-0.15, -0.1) is 0 Å². The highest BCUT2D eigenvalue weighted by Gasteiger charge is 2.26. The molecular weight excluding hydrogens is 292 g/mol. The average molecular weight is 316 g/mol. The van der Waals surface area contributed by atoms with Crippen molar-refractivity contribution in [2.24, 2.45) is 7.05 Å². The number of likely N-dealkylation sites (N-methyl/N-ethyl adjacent to an activating group) is 1. The molecule has 3 rings (SSSR count). The van der Waals surface area contributed by atoms with Crippen molar-refractivity contribution >= 4 is 0 Å². The Morgan fingerprint density at radius 3 is 3.00 bits per heavy atom. The summed E-state index contributed by atoms with van der Waals surface area (Å²) in [4.78, 5) is 20.7. The van der Waals surface area contributed by atoms with Gasteiger partial charge in [0.05, 0.1) is 12.7 Å². The second kappa shape index (κ2) is 6.68. The lowest BCUT2D eigenvalue weighted by Crippen LogP contribution is -2.34. The lowest BCUT2D eigenvalue weighted by atomic mass is 10.2. The van der Waals surface area contributed by atoms with Crippen molar-refractivity contribution in [3.05, 3.63) is 52.1 Å². The number of nitrogens with zero attached hydrogens (tertiary/aromatic N) is 4. The molecule has 2 aromatic rings. The monoisotopic (exact) mass is 316 g/mol. The molecule has 2 aromatic heterocycles. The lowest BCUT2D eigenvalue weighted by Gasteiger charge is -2.23. The van der Waals surface area contributed by atoms with E-state index in [0.29, 0.717) is 6.04 Å². The first kappa shape index (κ1) is 16.0. The van der Waals surface area contributed by atoms with Crippen LogP contribution in [0.3, 0.4) is 0 Å². The number of rotatable bonds is 5. The minimum atomic E-state index is 0.0506. The summed E-state index contributed by atoms with van der Waals surface area (Å²) in [6.07, 6.45) is 4.73. The molecule has 6 nitrogen and oxygen atoms in total. The van der Waals surface area contributed by atoms with Gasteiger partial charge in [0.2, 0.25) is 5.89 Å². The van der Waals surface area contributed by atoms with Crippen LogP contribution in [0.15, 0.2) is 33.7 Å². The van der Waals surface area contributed by atoms with Crippen molar-refractivity contribution in [3.63, 3.8) is 0 Å². The Kier molecular flexibility index (Phi) is 4.63. The molecule has 1 aliphatic rings. The maximum absolute atomic E-state index is 11.7. The molecule has 0 unspecified atom stereocenters. The quantitative estimate of drug-likeness (QED) is 0.834. The van der Waals surface area contributed by atoms with Crippen LogP contribution in [-0.2, 0) is 20.1 Å². The SMILES string of the molecule is Cc1cnc(CN(C)[C@@H]2CCN(Cc3ccn(C)c(=O)c3)C2)o1. The van der Waals surface area contributed by atoms with Crippen LogP contribution in [-0.4, -0.2) is 45.5 Å². The van der Waals surface area contributed by atoms with Crippen molar-refractivity contribution in [3.8, 4) is 0 Å². The second-order valence-electron chi connectivity index (χ2n) is 6.44. The standard InChI is InChI=1S/C17H24N4O2/c1-13-9-18-16(23-13)12-20(3)15-5-7-21(11-15)10-14-4-6-19(2)17(22)8-14/h4,6,8-9,15H,5,7,10-12H2,1-3H3/t15-/m1/s1. The maximum Gasteiger partial charge on any atom is 0.250 e. The highest BCUT2D eigenvalue weighted by atomic mass is 16.4. The first-order chi connectivity index (χ1) is 11.0. The summed E-state index contributed by atoms with van der Waals surface area (Å²) in [5.41, 5.74) is 1.13. The van der Waals surface area contributed by atoms with E-state index in [0.717, 1.165) is 49.8 Å². The lowest BCUT2D eigenvalue weighted by molar-refractivity contribution is 0.204. The van der Waals surface area contributed by atoms with Crippen LogP contribution in [0.2, 0.25) is 0 Å². The van der Waals surface area contributed by atoms with Gasteiger partial charge in [0.1, 0.15) is 5.76 Å². The zero-order valence-corrected chi connectivity index (χ0v) is 14.0. The third-order valence-corrected chi connectivity index (χ3v) is 4.50. The molecule has 124 valence electrons. The van der Waals surface area contributed by atoms with E-state index in [-0.39, 0.29) is 5.56 Å². The first-order valence-electron chi connectivity index (χ1n) is 8.01. The van der Waals surface area contributed by atoms with Crippen LogP contribution >= 0.6 is 0 Å². The van der Waals surface area contributed by atoms with Gasteiger partial charge in [0.15, 0.2) is 0 Å². The zero-order chi connectivity index (χ0) is 16.4. The smallest absolute Gasteiger partial charge is 0.250 e. The van der Waals surface area contributed by atoms with Gasteiger partial charge in [-0.1, -0.05) is 0 Å². The Hall–Kier alpha value is -1.92. The van der Waals surface area contributed by atoms with Crippen LogP contribution in [0.25, 0.3) is 0 Å². The number of oxazole rings is 1. The zero-order valence-electron chi connectivity index (χ0n) is 14.0. The van der Waals surface area contributed by atoms with E-state index < -0.39 is 0 Å². The maximum atomic E-state index is 11.7. The molecule has 0 spiro atoms. The largest absolute Gasteiger partial charge is 0.445 e. The predicted octanol–water partition coefficient (Wildman–Crippen LogP) is 1.39. The highest BCUT2D eigenvalue weighted by Crippen LogP contribution is 2.18. The van der Waals surface area contributed by atoms with Gasteiger partial charge in [-0.2, -0.15) is 0 Å². The number of hydrogen-bond donors (Lipinski definition) is 0. The first-order valence-corrected chi connectivity index (χ1v) is 8.01. The molecule has 1 aliphatic heterocycles. The molecule has 0 N–H and O–H groups in total. The number of aromatic nitrogens is 2. The minimum Gasteiger partial charge on any atom is -0.445 e. The molecule has 1 saturated heterocycles. The number of aryl methyl sites for hydroxylation is 2. The molecule has 1 fully saturated rings. The topological polar surface area (TPSA) is 54.5 Å². The Balaban J connectivity index is 1.55. The van der Waals surface area contributed by atoms with E-state index in [1.165, 1.54) is 0 Å². The molecule has 0 radical (unpaired) electrons. The van der Waals surface area contributed by atoms with E-state index in [2.05, 4.69) is 21.8 Å². The fourth-order valence-corrected chi connectivity index (χ4v) is 3.08. The van der Waals surface area contributed by atoms with Crippen LogP contribution in [0.5, 0.6) is 0 Å². The van der Waals surface area contributed by atoms with Crippen molar-refractivity contribution in [2.75, 3.05) is 20.1 Å². The van der Waals surface area contributed by atoms with E-state index in [4.69, 9.17) is 4.42 Å². The Labute approximate surface area is 136 Å². The third-order valence-electron chi connectivity index (χ3n) is 4.50. The van der Waals surface area contributed by atoms with Crippen LogP contribution in [0.1, 0.15) is 23.6 Å². The second-order valence-corrected chi connectivity index (χ2v) is 6.44. The summed E-state index contributed by atoms with van der Waals surface area (Å²) in [5.74, 6) is 1.63. The fourth-order valence-electron chi connectivity index (χ4n) is 3.08. The van der Waals surface area contributed by atoms with Crippen LogP contribution in [0, 0.1) is 6.92 Å². The summed E-state index contributed by atoms with van der Waals surface area (Å²) in [5, 5.41) is 0.